The highest BCUT2D eigenvalue weighted by Gasteiger charge is 2.16. The molecule has 1 unspecified atom stereocenters. The van der Waals surface area contributed by atoms with Gasteiger partial charge in [-0.2, -0.15) is 5.10 Å². The van der Waals surface area contributed by atoms with Crippen LogP contribution in [0.25, 0.3) is 0 Å². The molecule has 14 heavy (non-hydrogen) atoms. The first-order valence-corrected chi connectivity index (χ1v) is 5.49. The predicted molar refractivity (Wildman–Crippen MR) is 59.5 cm³/mol. The zero-order valence-corrected chi connectivity index (χ0v) is 9.80. The Bertz CT molecular complexity index is 257. The molecule has 0 aliphatic carbocycles. The van der Waals surface area contributed by atoms with Gasteiger partial charge in [-0.25, -0.2) is 0 Å². The average molecular weight is 216 g/mol. The molecule has 0 bridgehead atoms. The zero-order chi connectivity index (χ0) is 10.6. The van der Waals surface area contributed by atoms with Crippen LogP contribution < -0.4 is 5.32 Å². The van der Waals surface area contributed by atoms with Gasteiger partial charge < -0.3 is 5.32 Å². The summed E-state index contributed by atoms with van der Waals surface area (Å²) in [4.78, 5) is 0. The Labute approximate surface area is 90.4 Å². The largest absolute Gasteiger partial charge is 0.309 e. The van der Waals surface area contributed by atoms with Gasteiger partial charge in [-0.15, -0.1) is 0 Å². The molecule has 4 heteroatoms. The van der Waals surface area contributed by atoms with Crippen molar-refractivity contribution in [1.82, 2.24) is 15.1 Å². The Morgan fingerprint density at radius 1 is 1.57 bits per heavy atom. The highest BCUT2D eigenvalue weighted by atomic mass is 35.5. The van der Waals surface area contributed by atoms with Crippen molar-refractivity contribution in [2.75, 3.05) is 6.54 Å². The molecule has 0 fully saturated rings. The number of hydrogen-bond acceptors (Lipinski definition) is 2. The van der Waals surface area contributed by atoms with E-state index in [1.807, 2.05) is 11.7 Å². The lowest BCUT2D eigenvalue weighted by molar-refractivity contribution is 0.476. The summed E-state index contributed by atoms with van der Waals surface area (Å²) < 4.78 is 1.85. The third kappa shape index (κ3) is 2.49. The van der Waals surface area contributed by atoms with Crippen molar-refractivity contribution < 1.29 is 0 Å². The number of nitrogens with zero attached hydrogens (tertiary/aromatic N) is 2. The van der Waals surface area contributed by atoms with E-state index in [9.17, 15) is 0 Å². The van der Waals surface area contributed by atoms with Crippen molar-refractivity contribution in [2.24, 2.45) is 7.05 Å². The Kier molecular flexibility index (Phi) is 4.42. The van der Waals surface area contributed by atoms with Gasteiger partial charge in [0.2, 0.25) is 0 Å². The Hall–Kier alpha value is -0.540. The quantitative estimate of drug-likeness (QED) is 0.818. The number of halogens is 1. The smallest absolute Gasteiger partial charge is 0.0833 e. The second kappa shape index (κ2) is 5.37. The molecule has 0 aliphatic rings. The van der Waals surface area contributed by atoms with Crippen LogP contribution in [0.4, 0.5) is 0 Å². The summed E-state index contributed by atoms with van der Waals surface area (Å²) in [6, 6.07) is 0.324. The minimum Gasteiger partial charge on any atom is -0.309 e. The van der Waals surface area contributed by atoms with Crippen molar-refractivity contribution >= 4 is 11.6 Å². The molecule has 0 spiro atoms. The van der Waals surface area contributed by atoms with Gasteiger partial charge in [0, 0.05) is 7.05 Å². The molecule has 80 valence electrons. The molecule has 1 aromatic heterocycles. The summed E-state index contributed by atoms with van der Waals surface area (Å²) in [5, 5.41) is 8.32. The first-order valence-electron chi connectivity index (χ1n) is 5.11. The minimum atomic E-state index is 0.324. The van der Waals surface area contributed by atoms with Crippen molar-refractivity contribution in [1.29, 1.82) is 0 Å². The molecule has 1 heterocycles. The lowest BCUT2D eigenvalue weighted by Gasteiger charge is -2.17. The highest BCUT2D eigenvalue weighted by Crippen LogP contribution is 2.25. The van der Waals surface area contributed by atoms with E-state index in [1.165, 1.54) is 0 Å². The number of hydrogen-bond donors (Lipinski definition) is 1. The lowest BCUT2D eigenvalue weighted by atomic mass is 10.1. The summed E-state index contributed by atoms with van der Waals surface area (Å²) in [6.45, 7) is 5.23. The lowest BCUT2D eigenvalue weighted by Crippen LogP contribution is -2.23. The summed E-state index contributed by atoms with van der Waals surface area (Å²) in [5.74, 6) is 0. The van der Waals surface area contributed by atoms with Crippen LogP contribution in [0, 0.1) is 0 Å². The fraction of sp³-hybridized carbons (Fsp3) is 0.700. The highest BCUT2D eigenvalue weighted by molar-refractivity contribution is 6.31. The minimum absolute atomic E-state index is 0.324. The molecule has 0 saturated heterocycles. The summed E-state index contributed by atoms with van der Waals surface area (Å²) in [6.07, 6.45) is 3.93. The Morgan fingerprint density at radius 2 is 2.29 bits per heavy atom. The van der Waals surface area contributed by atoms with E-state index in [1.54, 1.807) is 6.20 Å². The monoisotopic (exact) mass is 215 g/mol. The zero-order valence-electron chi connectivity index (χ0n) is 9.05. The van der Waals surface area contributed by atoms with E-state index < -0.39 is 0 Å². The second-order valence-corrected chi connectivity index (χ2v) is 3.81. The van der Waals surface area contributed by atoms with Crippen LogP contribution in [-0.2, 0) is 7.05 Å². The molecule has 0 aromatic carbocycles. The first-order chi connectivity index (χ1) is 6.70. The predicted octanol–water partition coefficient (Wildman–Crippen LogP) is 2.52. The maximum Gasteiger partial charge on any atom is 0.0833 e. The molecule has 0 saturated carbocycles. The molecule has 0 aliphatic heterocycles. The van der Waals surface area contributed by atoms with Gasteiger partial charge in [0.25, 0.3) is 0 Å². The number of aryl methyl sites for hydroxylation is 1. The third-order valence-electron chi connectivity index (χ3n) is 2.30. The maximum absolute atomic E-state index is 6.09. The molecule has 1 aromatic rings. The molecular formula is C10H18ClN3. The van der Waals surface area contributed by atoms with Gasteiger partial charge in [0.05, 0.1) is 23.0 Å². The van der Waals surface area contributed by atoms with Crippen LogP contribution in [0.15, 0.2) is 6.20 Å². The van der Waals surface area contributed by atoms with Crippen LogP contribution in [-0.4, -0.2) is 16.3 Å². The van der Waals surface area contributed by atoms with Gasteiger partial charge in [-0.05, 0) is 13.0 Å². The summed E-state index contributed by atoms with van der Waals surface area (Å²) >= 11 is 6.09. The fourth-order valence-electron chi connectivity index (χ4n) is 1.68. The van der Waals surface area contributed by atoms with Crippen LogP contribution in [0.5, 0.6) is 0 Å². The van der Waals surface area contributed by atoms with Crippen LogP contribution in [0.3, 0.4) is 0 Å². The molecule has 0 amide bonds. The standard InChI is InChI=1S/C10H18ClN3/c1-4-6-9(12-5-2)10-8(11)7-13-14(10)3/h7,9,12H,4-6H2,1-3H3. The van der Waals surface area contributed by atoms with Crippen LogP contribution in [0.2, 0.25) is 5.02 Å². The van der Waals surface area contributed by atoms with Gasteiger partial charge in [-0.3, -0.25) is 4.68 Å². The topological polar surface area (TPSA) is 29.9 Å². The van der Waals surface area contributed by atoms with Gasteiger partial charge in [-0.1, -0.05) is 31.9 Å². The van der Waals surface area contributed by atoms with E-state index in [0.717, 1.165) is 30.1 Å². The summed E-state index contributed by atoms with van der Waals surface area (Å²) in [7, 11) is 1.93. The number of aromatic nitrogens is 2. The number of nitrogens with one attached hydrogen (secondary N) is 1. The maximum atomic E-state index is 6.09. The Balaban J connectivity index is 2.85. The van der Waals surface area contributed by atoms with Crippen molar-refractivity contribution in [3.05, 3.63) is 16.9 Å². The van der Waals surface area contributed by atoms with Crippen molar-refractivity contribution in [2.45, 2.75) is 32.7 Å². The van der Waals surface area contributed by atoms with Crippen molar-refractivity contribution in [3.8, 4) is 0 Å². The average Bonchev–Trinajstić information content (AvgIpc) is 2.46. The SMILES string of the molecule is CCCC(NCC)c1c(Cl)cnn1C. The van der Waals surface area contributed by atoms with E-state index >= 15 is 0 Å². The van der Waals surface area contributed by atoms with E-state index in [0.29, 0.717) is 6.04 Å². The van der Waals surface area contributed by atoms with Crippen LogP contribution in [0.1, 0.15) is 38.4 Å². The first kappa shape index (κ1) is 11.5. The fourth-order valence-corrected chi connectivity index (χ4v) is 1.98. The Morgan fingerprint density at radius 3 is 2.71 bits per heavy atom. The van der Waals surface area contributed by atoms with E-state index in [2.05, 4.69) is 24.3 Å². The molecule has 1 rings (SSSR count). The normalized spacial score (nSPS) is 13.1. The summed E-state index contributed by atoms with van der Waals surface area (Å²) in [5.41, 5.74) is 1.09. The van der Waals surface area contributed by atoms with Crippen molar-refractivity contribution in [3.63, 3.8) is 0 Å². The van der Waals surface area contributed by atoms with Gasteiger partial charge in [0.15, 0.2) is 0 Å². The van der Waals surface area contributed by atoms with E-state index in [-0.39, 0.29) is 0 Å². The van der Waals surface area contributed by atoms with E-state index in [4.69, 9.17) is 11.6 Å². The molecule has 3 nitrogen and oxygen atoms in total. The third-order valence-corrected chi connectivity index (χ3v) is 2.59. The number of rotatable bonds is 5. The van der Waals surface area contributed by atoms with Crippen LogP contribution >= 0.6 is 11.6 Å². The molecule has 1 N–H and O–H groups in total. The molecular weight excluding hydrogens is 198 g/mol. The molecule has 0 radical (unpaired) electrons. The molecule has 1 atom stereocenters. The second-order valence-electron chi connectivity index (χ2n) is 3.40. The van der Waals surface area contributed by atoms with Gasteiger partial charge in [0.1, 0.15) is 0 Å². The van der Waals surface area contributed by atoms with Gasteiger partial charge >= 0.3 is 0 Å².